The minimum absolute atomic E-state index is 0. The monoisotopic (exact) mass is 314 g/mol. The molecule has 0 saturated heterocycles. The molecule has 21 heavy (non-hydrogen) atoms. The second-order valence-corrected chi connectivity index (χ2v) is 5.77. The molecule has 6 heteroatoms. The van der Waals surface area contributed by atoms with Gasteiger partial charge in [0.25, 0.3) is 0 Å². The number of rotatable bonds is 3. The van der Waals surface area contributed by atoms with E-state index in [9.17, 15) is 9.18 Å². The first-order chi connectivity index (χ1) is 9.60. The molecule has 1 aromatic rings. The van der Waals surface area contributed by atoms with Crippen molar-refractivity contribution in [1.82, 2.24) is 0 Å². The molecule has 0 spiro atoms. The van der Waals surface area contributed by atoms with Crippen LogP contribution in [0.4, 0.5) is 10.1 Å². The van der Waals surface area contributed by atoms with Gasteiger partial charge in [0.05, 0.1) is 18.7 Å². The maximum atomic E-state index is 13.7. The summed E-state index contributed by atoms with van der Waals surface area (Å²) in [6.45, 7) is 0. The summed E-state index contributed by atoms with van der Waals surface area (Å²) in [4.78, 5) is 12.4. The molecular weight excluding hydrogens is 295 g/mol. The zero-order valence-corrected chi connectivity index (χ0v) is 12.7. The molecule has 2 saturated carbocycles. The highest BCUT2D eigenvalue weighted by atomic mass is 35.5. The average Bonchev–Trinajstić information content (AvgIpc) is 3.01. The van der Waals surface area contributed by atoms with Crippen LogP contribution in [0.2, 0.25) is 0 Å². The van der Waals surface area contributed by atoms with Gasteiger partial charge >= 0.3 is 0 Å². The van der Waals surface area contributed by atoms with Crippen LogP contribution in [0.15, 0.2) is 18.2 Å². The van der Waals surface area contributed by atoms with E-state index in [1.807, 2.05) is 0 Å². The first kappa shape index (κ1) is 16.0. The number of benzene rings is 1. The number of anilines is 1. The molecule has 1 aromatic carbocycles. The lowest BCUT2D eigenvalue weighted by Crippen LogP contribution is -2.42. The van der Waals surface area contributed by atoms with Crippen LogP contribution >= 0.6 is 12.4 Å². The van der Waals surface area contributed by atoms with Crippen LogP contribution in [0.5, 0.6) is 5.75 Å². The van der Waals surface area contributed by atoms with Gasteiger partial charge in [-0.3, -0.25) is 4.79 Å². The summed E-state index contributed by atoms with van der Waals surface area (Å²) in [5.74, 6) is 0.487. The smallest absolute Gasteiger partial charge is 0.229 e. The molecule has 0 aliphatic heterocycles. The number of ether oxygens (including phenoxy) is 1. The van der Waals surface area contributed by atoms with Crippen LogP contribution in [0.3, 0.4) is 0 Å². The molecule has 1 amide bonds. The molecule has 116 valence electrons. The van der Waals surface area contributed by atoms with Gasteiger partial charge in [-0.15, -0.1) is 12.4 Å². The standard InChI is InChI=1S/C15H19FN2O2.ClH/c1-20-10-4-5-11(16)12(7-10)18-15(19)13-8-2-3-9(6-8)14(13)17;/h4-5,7-9,13-14H,2-3,6,17H2,1H3,(H,18,19);1H. The molecule has 4 atom stereocenters. The van der Waals surface area contributed by atoms with Gasteiger partial charge in [0, 0.05) is 12.1 Å². The Labute approximate surface area is 129 Å². The Bertz CT molecular complexity index is 538. The van der Waals surface area contributed by atoms with E-state index in [1.165, 1.54) is 25.3 Å². The van der Waals surface area contributed by atoms with E-state index < -0.39 is 5.82 Å². The van der Waals surface area contributed by atoms with Crippen LogP contribution in [-0.4, -0.2) is 19.1 Å². The van der Waals surface area contributed by atoms with Gasteiger partial charge in [-0.25, -0.2) is 4.39 Å². The highest BCUT2D eigenvalue weighted by molar-refractivity contribution is 5.94. The normalized spacial score (nSPS) is 29.9. The van der Waals surface area contributed by atoms with Crippen LogP contribution in [0.25, 0.3) is 0 Å². The Balaban J connectivity index is 0.00000161. The molecule has 3 N–H and O–H groups in total. The van der Waals surface area contributed by atoms with Crippen LogP contribution < -0.4 is 15.8 Å². The van der Waals surface area contributed by atoms with E-state index in [0.717, 1.165) is 19.3 Å². The first-order valence-corrected chi connectivity index (χ1v) is 7.00. The van der Waals surface area contributed by atoms with Crippen molar-refractivity contribution in [1.29, 1.82) is 0 Å². The Morgan fingerprint density at radius 1 is 1.38 bits per heavy atom. The Morgan fingerprint density at radius 2 is 2.10 bits per heavy atom. The van der Waals surface area contributed by atoms with Crippen molar-refractivity contribution in [3.05, 3.63) is 24.0 Å². The van der Waals surface area contributed by atoms with Gasteiger partial charge in [-0.05, 0) is 43.2 Å². The minimum Gasteiger partial charge on any atom is -0.497 e. The van der Waals surface area contributed by atoms with Crippen molar-refractivity contribution in [3.63, 3.8) is 0 Å². The third kappa shape index (κ3) is 2.85. The van der Waals surface area contributed by atoms with E-state index in [1.54, 1.807) is 0 Å². The van der Waals surface area contributed by atoms with Crippen molar-refractivity contribution in [3.8, 4) is 5.75 Å². The van der Waals surface area contributed by atoms with Gasteiger partial charge in [-0.2, -0.15) is 0 Å². The van der Waals surface area contributed by atoms with Gasteiger partial charge in [0.15, 0.2) is 0 Å². The molecule has 0 heterocycles. The number of halogens is 2. The Kier molecular flexibility index (Phi) is 4.74. The van der Waals surface area contributed by atoms with Gasteiger partial charge in [0.1, 0.15) is 11.6 Å². The largest absolute Gasteiger partial charge is 0.497 e. The average molecular weight is 315 g/mol. The zero-order valence-electron chi connectivity index (χ0n) is 11.8. The third-order valence-corrected chi connectivity index (χ3v) is 4.71. The lowest BCUT2D eigenvalue weighted by Gasteiger charge is -2.27. The van der Waals surface area contributed by atoms with Gasteiger partial charge < -0.3 is 15.8 Å². The predicted octanol–water partition coefficient (Wildman–Crippen LogP) is 2.57. The van der Waals surface area contributed by atoms with Crippen LogP contribution in [0, 0.1) is 23.6 Å². The molecule has 0 aromatic heterocycles. The number of fused-ring (bicyclic) bond motifs is 2. The predicted molar refractivity (Wildman–Crippen MR) is 81.1 cm³/mol. The van der Waals surface area contributed by atoms with Crippen LogP contribution in [0.1, 0.15) is 19.3 Å². The molecule has 2 aliphatic rings. The SMILES string of the molecule is COc1ccc(F)c(NC(=O)C2C3CCC(C3)C2N)c1.Cl. The van der Waals surface area contributed by atoms with Crippen molar-refractivity contribution < 1.29 is 13.9 Å². The summed E-state index contributed by atoms with van der Waals surface area (Å²) >= 11 is 0. The molecular formula is C15H20ClFN2O2. The van der Waals surface area contributed by atoms with Crippen molar-refractivity contribution in [2.75, 3.05) is 12.4 Å². The minimum atomic E-state index is -0.462. The quantitative estimate of drug-likeness (QED) is 0.901. The van der Waals surface area contributed by atoms with E-state index in [0.29, 0.717) is 17.6 Å². The summed E-state index contributed by atoms with van der Waals surface area (Å²) in [7, 11) is 1.50. The number of hydrogen-bond donors (Lipinski definition) is 2. The van der Waals surface area contributed by atoms with Crippen molar-refractivity contribution in [2.24, 2.45) is 23.5 Å². The summed E-state index contributed by atoms with van der Waals surface area (Å²) in [6.07, 6.45) is 3.19. The maximum Gasteiger partial charge on any atom is 0.229 e. The Hall–Kier alpha value is -1.33. The number of amides is 1. The van der Waals surface area contributed by atoms with E-state index in [2.05, 4.69) is 5.32 Å². The molecule has 3 rings (SSSR count). The molecule has 2 bridgehead atoms. The molecule has 2 fully saturated rings. The number of nitrogens with one attached hydrogen (secondary N) is 1. The third-order valence-electron chi connectivity index (χ3n) is 4.71. The lowest BCUT2D eigenvalue weighted by molar-refractivity contribution is -0.121. The fourth-order valence-electron chi connectivity index (χ4n) is 3.67. The highest BCUT2D eigenvalue weighted by Crippen LogP contribution is 2.48. The van der Waals surface area contributed by atoms with Gasteiger partial charge in [0.2, 0.25) is 5.91 Å². The topological polar surface area (TPSA) is 64.3 Å². The number of carbonyl (C=O) groups excluding carboxylic acids is 1. The van der Waals surface area contributed by atoms with Crippen LogP contribution in [-0.2, 0) is 4.79 Å². The summed E-state index contributed by atoms with van der Waals surface area (Å²) < 4.78 is 18.8. The fourth-order valence-corrected chi connectivity index (χ4v) is 3.67. The first-order valence-electron chi connectivity index (χ1n) is 7.00. The summed E-state index contributed by atoms with van der Waals surface area (Å²) in [6, 6.07) is 4.21. The summed E-state index contributed by atoms with van der Waals surface area (Å²) in [5, 5.41) is 2.67. The molecule has 0 radical (unpaired) electrons. The van der Waals surface area contributed by atoms with Crippen molar-refractivity contribution >= 4 is 24.0 Å². The van der Waals surface area contributed by atoms with Crippen molar-refractivity contribution in [2.45, 2.75) is 25.3 Å². The highest BCUT2D eigenvalue weighted by Gasteiger charge is 2.49. The summed E-state index contributed by atoms with van der Waals surface area (Å²) in [5.41, 5.74) is 6.29. The second kappa shape index (κ2) is 6.20. The fraction of sp³-hybridized carbons (Fsp3) is 0.533. The zero-order chi connectivity index (χ0) is 14.3. The van der Waals surface area contributed by atoms with E-state index in [4.69, 9.17) is 10.5 Å². The number of methoxy groups -OCH3 is 1. The molecule has 4 nitrogen and oxygen atoms in total. The Morgan fingerprint density at radius 3 is 2.71 bits per heavy atom. The second-order valence-electron chi connectivity index (χ2n) is 5.77. The number of hydrogen-bond acceptors (Lipinski definition) is 3. The molecule has 2 aliphatic carbocycles. The van der Waals surface area contributed by atoms with Gasteiger partial charge in [-0.1, -0.05) is 0 Å². The lowest BCUT2D eigenvalue weighted by atomic mass is 9.84. The number of carbonyl (C=O) groups is 1. The number of nitrogens with two attached hydrogens (primary N) is 1. The van der Waals surface area contributed by atoms with E-state index >= 15 is 0 Å². The van der Waals surface area contributed by atoms with E-state index in [-0.39, 0.29) is 36.0 Å². The maximum absolute atomic E-state index is 13.7. The molecule has 4 unspecified atom stereocenters.